The van der Waals surface area contributed by atoms with Crippen LogP contribution in [0.5, 0.6) is 0 Å². The van der Waals surface area contributed by atoms with Crippen LogP contribution in [0.2, 0.25) is 0 Å². The third-order valence-electron chi connectivity index (χ3n) is 3.75. The van der Waals surface area contributed by atoms with E-state index in [0.29, 0.717) is 4.47 Å². The summed E-state index contributed by atoms with van der Waals surface area (Å²) < 4.78 is 0.661. The van der Waals surface area contributed by atoms with E-state index in [9.17, 15) is 19.5 Å². The molecule has 23 heavy (non-hydrogen) atoms. The van der Waals surface area contributed by atoms with E-state index < -0.39 is 23.8 Å². The summed E-state index contributed by atoms with van der Waals surface area (Å²) in [6.45, 7) is 0. The Labute approximate surface area is 140 Å². The molecule has 5 nitrogen and oxygen atoms in total. The van der Waals surface area contributed by atoms with Gasteiger partial charge in [0.15, 0.2) is 0 Å². The van der Waals surface area contributed by atoms with Gasteiger partial charge in [0.25, 0.3) is 11.8 Å². The van der Waals surface area contributed by atoms with Crippen LogP contribution in [-0.2, 0) is 11.2 Å². The van der Waals surface area contributed by atoms with Gasteiger partial charge in [0.1, 0.15) is 6.04 Å². The highest BCUT2D eigenvalue weighted by atomic mass is 79.9. The van der Waals surface area contributed by atoms with Gasteiger partial charge >= 0.3 is 5.97 Å². The Balaban J connectivity index is 1.97. The Bertz CT molecular complexity index is 803. The topological polar surface area (TPSA) is 74.7 Å². The van der Waals surface area contributed by atoms with Crippen molar-refractivity contribution in [2.24, 2.45) is 0 Å². The maximum atomic E-state index is 12.5. The highest BCUT2D eigenvalue weighted by Gasteiger charge is 2.42. The fourth-order valence-corrected chi connectivity index (χ4v) is 3.00. The Hall–Kier alpha value is -2.47. The molecule has 0 fully saturated rings. The molecular weight excluding hydrogens is 362 g/mol. The molecule has 1 unspecified atom stereocenters. The van der Waals surface area contributed by atoms with Crippen LogP contribution in [0.15, 0.2) is 53.0 Å². The highest BCUT2D eigenvalue weighted by molar-refractivity contribution is 9.10. The first-order chi connectivity index (χ1) is 11.0. The van der Waals surface area contributed by atoms with Crippen molar-refractivity contribution in [3.05, 3.63) is 69.7 Å². The first-order valence-electron chi connectivity index (χ1n) is 6.93. The van der Waals surface area contributed by atoms with E-state index in [1.165, 1.54) is 12.1 Å². The zero-order chi connectivity index (χ0) is 16.6. The maximum absolute atomic E-state index is 12.5. The number of carboxylic acids is 1. The summed E-state index contributed by atoms with van der Waals surface area (Å²) in [5, 5.41) is 9.51. The second-order valence-electron chi connectivity index (χ2n) is 5.21. The molecule has 2 aromatic rings. The number of aliphatic carboxylic acids is 1. The Morgan fingerprint density at radius 3 is 2.35 bits per heavy atom. The number of hydrogen-bond donors (Lipinski definition) is 1. The summed E-state index contributed by atoms with van der Waals surface area (Å²) in [7, 11) is 0. The number of imide groups is 1. The van der Waals surface area contributed by atoms with Crippen molar-refractivity contribution in [3.8, 4) is 0 Å². The minimum absolute atomic E-state index is 0.0722. The van der Waals surface area contributed by atoms with Crippen molar-refractivity contribution in [1.82, 2.24) is 4.90 Å². The van der Waals surface area contributed by atoms with Crippen LogP contribution in [0.25, 0.3) is 0 Å². The van der Waals surface area contributed by atoms with Gasteiger partial charge in [-0.25, -0.2) is 4.79 Å². The van der Waals surface area contributed by atoms with E-state index in [0.717, 1.165) is 10.5 Å². The van der Waals surface area contributed by atoms with Gasteiger partial charge in [-0.15, -0.1) is 0 Å². The van der Waals surface area contributed by atoms with E-state index in [1.807, 2.05) is 6.07 Å². The lowest BCUT2D eigenvalue weighted by Gasteiger charge is -2.22. The molecule has 1 N–H and O–H groups in total. The van der Waals surface area contributed by atoms with Crippen molar-refractivity contribution in [3.63, 3.8) is 0 Å². The van der Waals surface area contributed by atoms with E-state index in [1.54, 1.807) is 30.3 Å². The second-order valence-corrected chi connectivity index (χ2v) is 6.13. The number of hydrogen-bond acceptors (Lipinski definition) is 3. The van der Waals surface area contributed by atoms with E-state index >= 15 is 0 Å². The smallest absolute Gasteiger partial charge is 0.327 e. The Morgan fingerprint density at radius 2 is 1.70 bits per heavy atom. The summed E-state index contributed by atoms with van der Waals surface area (Å²) >= 11 is 3.25. The van der Waals surface area contributed by atoms with Gasteiger partial charge in [-0.2, -0.15) is 0 Å². The normalized spacial score (nSPS) is 14.7. The molecule has 1 aliphatic heterocycles. The third-order valence-corrected chi connectivity index (χ3v) is 4.24. The van der Waals surface area contributed by atoms with Crippen molar-refractivity contribution in [2.45, 2.75) is 12.5 Å². The van der Waals surface area contributed by atoms with E-state index in [-0.39, 0.29) is 17.5 Å². The SMILES string of the molecule is O=C(O)C(Cc1ccccc1)N1C(=O)c2ccc(Br)cc2C1=O. The zero-order valence-corrected chi connectivity index (χ0v) is 13.5. The minimum atomic E-state index is -1.23. The van der Waals surface area contributed by atoms with E-state index in [2.05, 4.69) is 15.9 Å². The Morgan fingerprint density at radius 1 is 1.04 bits per heavy atom. The molecular formula is C17H12BrNO4. The van der Waals surface area contributed by atoms with Crippen LogP contribution < -0.4 is 0 Å². The average molecular weight is 374 g/mol. The summed E-state index contributed by atoms with van der Waals surface area (Å²) in [5.41, 5.74) is 1.21. The predicted molar refractivity (Wildman–Crippen MR) is 86.2 cm³/mol. The zero-order valence-electron chi connectivity index (χ0n) is 11.9. The number of carbonyl (C=O) groups is 3. The van der Waals surface area contributed by atoms with Crippen LogP contribution in [0.4, 0.5) is 0 Å². The number of amides is 2. The molecule has 0 aromatic heterocycles. The number of fused-ring (bicyclic) bond motifs is 1. The molecule has 1 heterocycles. The van der Waals surface area contributed by atoms with Crippen molar-refractivity contribution < 1.29 is 19.5 Å². The summed E-state index contributed by atoms with van der Waals surface area (Å²) in [4.78, 5) is 37.5. The van der Waals surface area contributed by atoms with Gasteiger partial charge in [-0.05, 0) is 23.8 Å². The first-order valence-corrected chi connectivity index (χ1v) is 7.72. The predicted octanol–water partition coefficient (Wildman–Crippen LogP) is 2.74. The fraction of sp³-hybridized carbons (Fsp3) is 0.118. The fourth-order valence-electron chi connectivity index (χ4n) is 2.64. The molecule has 2 aromatic carbocycles. The van der Waals surface area contributed by atoms with Crippen LogP contribution in [-0.4, -0.2) is 33.8 Å². The van der Waals surface area contributed by atoms with Gasteiger partial charge in [0, 0.05) is 10.9 Å². The van der Waals surface area contributed by atoms with Crippen LogP contribution >= 0.6 is 15.9 Å². The minimum Gasteiger partial charge on any atom is -0.480 e. The molecule has 3 rings (SSSR count). The van der Waals surface area contributed by atoms with Crippen LogP contribution in [0.3, 0.4) is 0 Å². The van der Waals surface area contributed by atoms with Gasteiger partial charge in [-0.3, -0.25) is 14.5 Å². The third kappa shape index (κ3) is 2.77. The standard InChI is InChI=1S/C17H12BrNO4/c18-11-6-7-12-13(9-11)16(21)19(15(12)20)14(17(22)23)8-10-4-2-1-3-5-10/h1-7,9,14H,8H2,(H,22,23). The number of benzene rings is 2. The molecule has 0 bridgehead atoms. The Kier molecular flexibility index (Phi) is 4.00. The van der Waals surface area contributed by atoms with Crippen molar-refractivity contribution >= 4 is 33.7 Å². The maximum Gasteiger partial charge on any atom is 0.327 e. The number of rotatable bonds is 4. The van der Waals surface area contributed by atoms with Crippen molar-refractivity contribution in [2.75, 3.05) is 0 Å². The number of nitrogens with zero attached hydrogens (tertiary/aromatic N) is 1. The lowest BCUT2D eigenvalue weighted by Crippen LogP contribution is -2.46. The van der Waals surface area contributed by atoms with Gasteiger partial charge < -0.3 is 5.11 Å². The molecule has 116 valence electrons. The number of carboxylic acid groups (broad SMARTS) is 1. The average Bonchev–Trinajstić information content (AvgIpc) is 2.77. The summed E-state index contributed by atoms with van der Waals surface area (Å²) in [6, 6.07) is 12.4. The highest BCUT2D eigenvalue weighted by Crippen LogP contribution is 2.28. The second kappa shape index (κ2) is 5.96. The molecule has 1 aliphatic rings. The summed E-state index contributed by atoms with van der Waals surface area (Å²) in [6.07, 6.45) is 0.0722. The van der Waals surface area contributed by atoms with E-state index in [4.69, 9.17) is 0 Å². The van der Waals surface area contributed by atoms with Crippen LogP contribution in [0, 0.1) is 0 Å². The van der Waals surface area contributed by atoms with Gasteiger partial charge in [-0.1, -0.05) is 46.3 Å². The largest absolute Gasteiger partial charge is 0.480 e. The van der Waals surface area contributed by atoms with Gasteiger partial charge in [0.05, 0.1) is 11.1 Å². The molecule has 0 radical (unpaired) electrons. The molecule has 0 saturated carbocycles. The quantitative estimate of drug-likeness (QED) is 0.836. The lowest BCUT2D eigenvalue weighted by molar-refractivity contribution is -0.141. The lowest BCUT2D eigenvalue weighted by atomic mass is 10.0. The molecule has 6 heteroatoms. The first kappa shape index (κ1) is 15.4. The molecule has 0 saturated heterocycles. The number of carbonyl (C=O) groups excluding carboxylic acids is 2. The molecule has 1 atom stereocenters. The van der Waals surface area contributed by atoms with Crippen LogP contribution in [0.1, 0.15) is 26.3 Å². The van der Waals surface area contributed by atoms with Gasteiger partial charge in [0.2, 0.25) is 0 Å². The molecule has 0 spiro atoms. The monoisotopic (exact) mass is 373 g/mol. The van der Waals surface area contributed by atoms with Crippen molar-refractivity contribution in [1.29, 1.82) is 0 Å². The molecule has 0 aliphatic carbocycles. The number of halogens is 1. The molecule has 2 amide bonds. The summed E-state index contributed by atoms with van der Waals surface area (Å²) in [5.74, 6) is -2.35.